The van der Waals surface area contributed by atoms with Crippen molar-refractivity contribution in [2.45, 2.75) is 19.4 Å². The largest absolute Gasteiger partial charge is 0.378 e. The summed E-state index contributed by atoms with van der Waals surface area (Å²) in [6.45, 7) is 1.93. The van der Waals surface area contributed by atoms with Crippen molar-refractivity contribution in [2.75, 3.05) is 5.32 Å². The molecule has 1 nitrogen and oxygen atoms in total. The smallest absolute Gasteiger partial charge is 0.123 e. The number of para-hydroxylation sites is 1. The van der Waals surface area contributed by atoms with Gasteiger partial charge in [-0.15, -0.1) is 0 Å². The molecular weight excluding hydrogens is 213 g/mol. The van der Waals surface area contributed by atoms with Crippen LogP contribution in [0.2, 0.25) is 0 Å². The Kier molecular flexibility index (Phi) is 2.36. The van der Waals surface area contributed by atoms with E-state index in [-0.39, 0.29) is 11.9 Å². The molecule has 0 saturated carbocycles. The molecule has 0 aromatic heterocycles. The molecule has 2 aromatic rings. The van der Waals surface area contributed by atoms with Gasteiger partial charge in [-0.05, 0) is 48.2 Å². The summed E-state index contributed by atoms with van der Waals surface area (Å²) in [5.41, 5.74) is 4.47. The number of benzene rings is 2. The molecule has 1 aliphatic heterocycles. The Bertz CT molecular complexity index is 517. The fourth-order valence-electron chi connectivity index (χ4n) is 2.46. The number of rotatable bonds is 1. The van der Waals surface area contributed by atoms with Crippen LogP contribution < -0.4 is 5.32 Å². The lowest BCUT2D eigenvalue weighted by Gasteiger charge is -2.12. The van der Waals surface area contributed by atoms with Crippen LogP contribution in [0.15, 0.2) is 42.5 Å². The van der Waals surface area contributed by atoms with Crippen LogP contribution in [-0.2, 0) is 6.42 Å². The molecule has 2 heteroatoms. The second kappa shape index (κ2) is 3.88. The third kappa shape index (κ3) is 1.91. The van der Waals surface area contributed by atoms with Gasteiger partial charge in [0, 0.05) is 5.69 Å². The van der Waals surface area contributed by atoms with Crippen molar-refractivity contribution in [3.05, 3.63) is 65.0 Å². The van der Waals surface area contributed by atoms with E-state index >= 15 is 0 Å². The zero-order valence-electron chi connectivity index (χ0n) is 9.70. The number of aryl methyl sites for hydroxylation is 1. The zero-order valence-corrected chi connectivity index (χ0v) is 9.70. The second-order valence-electron chi connectivity index (χ2n) is 4.62. The van der Waals surface area contributed by atoms with E-state index in [1.807, 2.05) is 25.1 Å². The highest BCUT2D eigenvalue weighted by molar-refractivity contribution is 5.58. The van der Waals surface area contributed by atoms with Crippen LogP contribution in [0.4, 0.5) is 10.1 Å². The molecule has 0 aliphatic carbocycles. The molecule has 1 aliphatic rings. The highest BCUT2D eigenvalue weighted by atomic mass is 19.1. The average Bonchev–Trinajstić information content (AvgIpc) is 2.71. The summed E-state index contributed by atoms with van der Waals surface area (Å²) in [5, 5.41) is 3.44. The minimum atomic E-state index is -0.155. The Balaban J connectivity index is 1.93. The molecule has 1 heterocycles. The number of fused-ring (bicyclic) bond motifs is 1. The molecule has 3 rings (SSSR count). The summed E-state index contributed by atoms with van der Waals surface area (Å²) in [6.07, 6.45) is 0.930. The standard InChI is InChI=1S/C15H14FN/c1-10-6-12(8-13(16)7-10)15-9-11-4-2-3-5-14(11)17-15/h2-8,15,17H,9H2,1H3. The van der Waals surface area contributed by atoms with E-state index in [4.69, 9.17) is 0 Å². The predicted molar refractivity (Wildman–Crippen MR) is 67.6 cm³/mol. The normalized spacial score (nSPS) is 17.6. The topological polar surface area (TPSA) is 12.0 Å². The summed E-state index contributed by atoms with van der Waals surface area (Å²) in [4.78, 5) is 0. The average molecular weight is 227 g/mol. The lowest BCUT2D eigenvalue weighted by atomic mass is 10.0. The maximum Gasteiger partial charge on any atom is 0.123 e. The molecule has 0 spiro atoms. The van der Waals surface area contributed by atoms with Gasteiger partial charge >= 0.3 is 0 Å². The third-order valence-electron chi connectivity index (χ3n) is 3.24. The minimum Gasteiger partial charge on any atom is -0.378 e. The van der Waals surface area contributed by atoms with E-state index in [0.717, 1.165) is 17.5 Å². The highest BCUT2D eigenvalue weighted by Crippen LogP contribution is 2.34. The van der Waals surface area contributed by atoms with Crippen molar-refractivity contribution in [3.8, 4) is 0 Å². The molecule has 0 fully saturated rings. The molecule has 17 heavy (non-hydrogen) atoms. The molecule has 0 saturated heterocycles. The summed E-state index contributed by atoms with van der Waals surface area (Å²) >= 11 is 0. The zero-order chi connectivity index (χ0) is 11.8. The lowest BCUT2D eigenvalue weighted by Crippen LogP contribution is -2.06. The highest BCUT2D eigenvalue weighted by Gasteiger charge is 2.21. The summed E-state index contributed by atoms with van der Waals surface area (Å²) < 4.78 is 13.4. The predicted octanol–water partition coefficient (Wildman–Crippen LogP) is 3.84. The fraction of sp³-hybridized carbons (Fsp3) is 0.200. The van der Waals surface area contributed by atoms with Crippen molar-refractivity contribution < 1.29 is 4.39 Å². The lowest BCUT2D eigenvalue weighted by molar-refractivity contribution is 0.621. The summed E-state index contributed by atoms with van der Waals surface area (Å²) in [7, 11) is 0. The number of halogens is 1. The van der Waals surface area contributed by atoms with Crippen LogP contribution in [-0.4, -0.2) is 0 Å². The molecule has 0 amide bonds. The van der Waals surface area contributed by atoms with Crippen LogP contribution in [0, 0.1) is 12.7 Å². The Morgan fingerprint density at radius 1 is 1.18 bits per heavy atom. The van der Waals surface area contributed by atoms with Crippen LogP contribution in [0.3, 0.4) is 0 Å². The van der Waals surface area contributed by atoms with Crippen LogP contribution in [0.5, 0.6) is 0 Å². The van der Waals surface area contributed by atoms with E-state index in [9.17, 15) is 4.39 Å². The van der Waals surface area contributed by atoms with Gasteiger partial charge in [0.25, 0.3) is 0 Å². The Morgan fingerprint density at radius 3 is 2.76 bits per heavy atom. The minimum absolute atomic E-state index is 0.155. The Labute approximate surface area is 100 Å². The molecule has 86 valence electrons. The summed E-state index contributed by atoms with van der Waals surface area (Å²) in [5.74, 6) is -0.155. The number of nitrogens with one attached hydrogen (secondary N) is 1. The fourth-order valence-corrected chi connectivity index (χ4v) is 2.46. The molecule has 1 atom stereocenters. The number of hydrogen-bond donors (Lipinski definition) is 1. The van der Waals surface area contributed by atoms with Crippen LogP contribution in [0.25, 0.3) is 0 Å². The van der Waals surface area contributed by atoms with Gasteiger partial charge in [-0.2, -0.15) is 0 Å². The second-order valence-corrected chi connectivity index (χ2v) is 4.62. The molecule has 0 bridgehead atoms. The van der Waals surface area contributed by atoms with Crippen molar-refractivity contribution in [3.63, 3.8) is 0 Å². The first-order chi connectivity index (χ1) is 8.22. The quantitative estimate of drug-likeness (QED) is 0.780. The van der Waals surface area contributed by atoms with Gasteiger partial charge in [0.2, 0.25) is 0 Å². The van der Waals surface area contributed by atoms with Crippen molar-refractivity contribution >= 4 is 5.69 Å². The Hall–Kier alpha value is -1.83. The van der Waals surface area contributed by atoms with Crippen molar-refractivity contribution in [1.29, 1.82) is 0 Å². The van der Waals surface area contributed by atoms with Gasteiger partial charge in [-0.1, -0.05) is 24.3 Å². The first kappa shape index (κ1) is 10.3. The Morgan fingerprint density at radius 2 is 2.00 bits per heavy atom. The molecular formula is C15H14FN. The maximum atomic E-state index is 13.4. The van der Waals surface area contributed by atoms with E-state index in [1.165, 1.54) is 11.3 Å². The van der Waals surface area contributed by atoms with Gasteiger partial charge in [0.05, 0.1) is 6.04 Å². The number of anilines is 1. The first-order valence-electron chi connectivity index (χ1n) is 5.84. The van der Waals surface area contributed by atoms with Gasteiger partial charge < -0.3 is 5.32 Å². The van der Waals surface area contributed by atoms with Crippen LogP contribution in [0.1, 0.15) is 22.7 Å². The van der Waals surface area contributed by atoms with Crippen LogP contribution >= 0.6 is 0 Å². The first-order valence-corrected chi connectivity index (χ1v) is 5.84. The summed E-state index contributed by atoms with van der Waals surface area (Å²) in [6, 6.07) is 13.7. The molecule has 1 unspecified atom stereocenters. The van der Waals surface area contributed by atoms with Gasteiger partial charge in [-0.3, -0.25) is 0 Å². The maximum absolute atomic E-state index is 13.4. The van der Waals surface area contributed by atoms with Gasteiger partial charge in [0.1, 0.15) is 5.82 Å². The SMILES string of the molecule is Cc1cc(F)cc(C2Cc3ccccc3N2)c1. The van der Waals surface area contributed by atoms with E-state index in [2.05, 4.69) is 17.4 Å². The van der Waals surface area contributed by atoms with E-state index < -0.39 is 0 Å². The number of hydrogen-bond acceptors (Lipinski definition) is 1. The van der Waals surface area contributed by atoms with Gasteiger partial charge in [-0.25, -0.2) is 4.39 Å². The van der Waals surface area contributed by atoms with Gasteiger partial charge in [0.15, 0.2) is 0 Å². The monoisotopic (exact) mass is 227 g/mol. The van der Waals surface area contributed by atoms with E-state index in [0.29, 0.717) is 0 Å². The molecule has 2 aromatic carbocycles. The molecule has 1 N–H and O–H groups in total. The molecule has 0 radical (unpaired) electrons. The van der Waals surface area contributed by atoms with E-state index in [1.54, 1.807) is 12.1 Å². The van der Waals surface area contributed by atoms with Crippen molar-refractivity contribution in [2.24, 2.45) is 0 Å². The third-order valence-corrected chi connectivity index (χ3v) is 3.24. The van der Waals surface area contributed by atoms with Crippen molar-refractivity contribution in [1.82, 2.24) is 0 Å².